The lowest BCUT2D eigenvalue weighted by molar-refractivity contribution is -0.115. The van der Waals surface area contributed by atoms with Gasteiger partial charge in [0.2, 0.25) is 15.9 Å². The lowest BCUT2D eigenvalue weighted by Crippen LogP contribution is -2.34. The number of nitrogens with one attached hydrogen (secondary N) is 3. The molecule has 0 saturated carbocycles. The number of sulfonamides is 1. The molecule has 172 valence electrons. The molecule has 0 spiro atoms. The molecule has 1 atom stereocenters. The third-order valence-corrected chi connectivity index (χ3v) is 6.70. The summed E-state index contributed by atoms with van der Waals surface area (Å²) in [6, 6.07) is 9.65. The van der Waals surface area contributed by atoms with Crippen LogP contribution in [-0.2, 0) is 19.6 Å². The standard InChI is InChI=1S/C23H29N3O5S/c1-15-10-16(2)22(17(3)11-15)26-21(27)14-24-23(28)18-6-4-8-20(12-18)32(29,30)25-13-19-7-5-9-31-19/h4,6,8,10-12,19,25H,5,7,9,13-14H2,1-3H3,(H,24,28)(H,26,27)/t19-/m1/s1. The number of amides is 2. The van der Waals surface area contributed by atoms with Gasteiger partial charge in [0.25, 0.3) is 5.91 Å². The zero-order valence-corrected chi connectivity index (χ0v) is 19.3. The molecule has 2 aromatic carbocycles. The highest BCUT2D eigenvalue weighted by molar-refractivity contribution is 7.89. The minimum atomic E-state index is -3.78. The molecule has 0 radical (unpaired) electrons. The monoisotopic (exact) mass is 459 g/mol. The van der Waals surface area contributed by atoms with Gasteiger partial charge in [-0.3, -0.25) is 9.59 Å². The number of carbonyl (C=O) groups is 2. The summed E-state index contributed by atoms with van der Waals surface area (Å²) in [5, 5.41) is 5.36. The first-order valence-corrected chi connectivity index (χ1v) is 12.0. The maximum atomic E-state index is 12.6. The van der Waals surface area contributed by atoms with Crippen LogP contribution in [0.15, 0.2) is 41.3 Å². The molecule has 1 saturated heterocycles. The summed E-state index contributed by atoms with van der Waals surface area (Å²) >= 11 is 0. The van der Waals surface area contributed by atoms with E-state index in [1.165, 1.54) is 24.3 Å². The second-order valence-electron chi connectivity index (χ2n) is 8.02. The van der Waals surface area contributed by atoms with Crippen molar-refractivity contribution in [3.05, 3.63) is 58.7 Å². The van der Waals surface area contributed by atoms with Gasteiger partial charge in [-0.1, -0.05) is 23.8 Å². The van der Waals surface area contributed by atoms with E-state index in [1.807, 2.05) is 32.9 Å². The SMILES string of the molecule is Cc1cc(C)c(NC(=O)CNC(=O)c2cccc(S(=O)(=O)NC[C@H]3CCCO3)c2)c(C)c1. The van der Waals surface area contributed by atoms with Gasteiger partial charge in [0.15, 0.2) is 0 Å². The van der Waals surface area contributed by atoms with E-state index in [0.717, 1.165) is 35.2 Å². The van der Waals surface area contributed by atoms with E-state index in [4.69, 9.17) is 4.74 Å². The third kappa shape index (κ3) is 6.15. The molecule has 9 heteroatoms. The molecule has 0 bridgehead atoms. The fourth-order valence-electron chi connectivity index (χ4n) is 3.72. The predicted octanol–water partition coefficient (Wildman–Crippen LogP) is 2.44. The van der Waals surface area contributed by atoms with Crippen LogP contribution in [0.3, 0.4) is 0 Å². The molecule has 2 aromatic rings. The van der Waals surface area contributed by atoms with E-state index >= 15 is 0 Å². The van der Waals surface area contributed by atoms with Crippen LogP contribution in [0.2, 0.25) is 0 Å². The second-order valence-corrected chi connectivity index (χ2v) is 9.79. The molecule has 1 fully saturated rings. The van der Waals surface area contributed by atoms with E-state index in [0.29, 0.717) is 6.61 Å². The Morgan fingerprint density at radius 1 is 1.09 bits per heavy atom. The number of carbonyl (C=O) groups excluding carboxylic acids is 2. The molecule has 32 heavy (non-hydrogen) atoms. The van der Waals surface area contributed by atoms with Crippen LogP contribution in [0.25, 0.3) is 0 Å². The fraction of sp³-hybridized carbons (Fsp3) is 0.391. The molecule has 2 amide bonds. The molecule has 3 N–H and O–H groups in total. The van der Waals surface area contributed by atoms with Crippen molar-refractivity contribution >= 4 is 27.5 Å². The molecule has 1 aliphatic rings. The van der Waals surface area contributed by atoms with Crippen molar-refractivity contribution in [2.24, 2.45) is 0 Å². The van der Waals surface area contributed by atoms with E-state index in [-0.39, 0.29) is 35.6 Å². The van der Waals surface area contributed by atoms with Gasteiger partial charge in [0.1, 0.15) is 0 Å². The summed E-state index contributed by atoms with van der Waals surface area (Å²) in [5.74, 6) is -0.899. The Kier molecular flexibility index (Phi) is 7.65. The summed E-state index contributed by atoms with van der Waals surface area (Å²) in [5.41, 5.74) is 3.86. The van der Waals surface area contributed by atoms with E-state index < -0.39 is 15.9 Å². The molecule has 8 nitrogen and oxygen atoms in total. The summed E-state index contributed by atoms with van der Waals surface area (Å²) in [6.07, 6.45) is 1.60. The van der Waals surface area contributed by atoms with E-state index in [1.54, 1.807) is 0 Å². The molecular weight excluding hydrogens is 430 g/mol. The average molecular weight is 460 g/mol. The van der Waals surface area contributed by atoms with Gasteiger partial charge in [0, 0.05) is 24.4 Å². The highest BCUT2D eigenvalue weighted by Crippen LogP contribution is 2.21. The zero-order valence-electron chi connectivity index (χ0n) is 18.5. The molecular formula is C23H29N3O5S. The van der Waals surface area contributed by atoms with Crippen molar-refractivity contribution in [3.8, 4) is 0 Å². The smallest absolute Gasteiger partial charge is 0.251 e. The van der Waals surface area contributed by atoms with Crippen molar-refractivity contribution in [2.75, 3.05) is 25.0 Å². The van der Waals surface area contributed by atoms with Crippen molar-refractivity contribution in [3.63, 3.8) is 0 Å². The molecule has 1 aliphatic heterocycles. The summed E-state index contributed by atoms with van der Waals surface area (Å²) in [6.45, 7) is 6.40. The highest BCUT2D eigenvalue weighted by atomic mass is 32.2. The highest BCUT2D eigenvalue weighted by Gasteiger charge is 2.21. The minimum absolute atomic E-state index is 0.0153. The maximum Gasteiger partial charge on any atom is 0.251 e. The van der Waals surface area contributed by atoms with Crippen molar-refractivity contribution in [2.45, 2.75) is 44.6 Å². The Morgan fingerprint density at radius 2 is 1.81 bits per heavy atom. The van der Waals surface area contributed by atoms with Crippen molar-refractivity contribution < 1.29 is 22.7 Å². The number of rotatable bonds is 8. The first-order valence-electron chi connectivity index (χ1n) is 10.5. The summed E-state index contributed by atoms with van der Waals surface area (Å²) in [4.78, 5) is 24.8. The quantitative estimate of drug-likeness (QED) is 0.561. The van der Waals surface area contributed by atoms with Crippen LogP contribution in [0, 0.1) is 20.8 Å². The van der Waals surface area contributed by atoms with E-state index in [9.17, 15) is 18.0 Å². The first kappa shape index (κ1) is 23.9. The normalized spacial score (nSPS) is 16.0. The Labute approximate surface area is 188 Å². The minimum Gasteiger partial charge on any atom is -0.377 e. The average Bonchev–Trinajstić information content (AvgIpc) is 3.27. The van der Waals surface area contributed by atoms with Gasteiger partial charge >= 0.3 is 0 Å². The van der Waals surface area contributed by atoms with Crippen LogP contribution in [0.4, 0.5) is 5.69 Å². The molecule has 0 aliphatic carbocycles. The Balaban J connectivity index is 1.59. The van der Waals surface area contributed by atoms with Crippen molar-refractivity contribution in [1.29, 1.82) is 0 Å². The number of ether oxygens (including phenoxy) is 1. The maximum absolute atomic E-state index is 12.6. The fourth-order valence-corrected chi connectivity index (χ4v) is 4.83. The lowest BCUT2D eigenvalue weighted by Gasteiger charge is -2.14. The van der Waals surface area contributed by atoms with Crippen LogP contribution in [0.1, 0.15) is 39.9 Å². The van der Waals surface area contributed by atoms with Gasteiger partial charge in [-0.2, -0.15) is 0 Å². The van der Waals surface area contributed by atoms with Crippen molar-refractivity contribution in [1.82, 2.24) is 10.0 Å². The number of hydrogen-bond acceptors (Lipinski definition) is 5. The molecule has 0 aromatic heterocycles. The topological polar surface area (TPSA) is 114 Å². The van der Waals surface area contributed by atoms with Gasteiger partial charge in [-0.25, -0.2) is 13.1 Å². The molecule has 1 heterocycles. The van der Waals surface area contributed by atoms with Gasteiger partial charge in [-0.15, -0.1) is 0 Å². The van der Waals surface area contributed by atoms with Crippen LogP contribution in [0.5, 0.6) is 0 Å². The predicted molar refractivity (Wildman–Crippen MR) is 122 cm³/mol. The Hall–Kier alpha value is -2.75. The van der Waals surface area contributed by atoms with Gasteiger partial charge < -0.3 is 15.4 Å². The first-order chi connectivity index (χ1) is 15.2. The third-order valence-electron chi connectivity index (χ3n) is 5.28. The number of aryl methyl sites for hydroxylation is 3. The van der Waals surface area contributed by atoms with Crippen LogP contribution in [-0.4, -0.2) is 46.0 Å². The van der Waals surface area contributed by atoms with E-state index in [2.05, 4.69) is 15.4 Å². The number of anilines is 1. The number of hydrogen-bond donors (Lipinski definition) is 3. The number of benzene rings is 2. The summed E-state index contributed by atoms with van der Waals surface area (Å²) in [7, 11) is -3.78. The summed E-state index contributed by atoms with van der Waals surface area (Å²) < 4.78 is 33.1. The van der Waals surface area contributed by atoms with Crippen LogP contribution < -0.4 is 15.4 Å². The largest absolute Gasteiger partial charge is 0.377 e. The molecule has 0 unspecified atom stereocenters. The zero-order chi connectivity index (χ0) is 23.3. The Bertz CT molecular complexity index is 1090. The second kappa shape index (κ2) is 10.2. The lowest BCUT2D eigenvalue weighted by atomic mass is 10.1. The Morgan fingerprint density at radius 3 is 2.47 bits per heavy atom. The van der Waals surface area contributed by atoms with Gasteiger partial charge in [-0.05, 0) is 62.9 Å². The van der Waals surface area contributed by atoms with Gasteiger partial charge in [0.05, 0.1) is 17.5 Å². The van der Waals surface area contributed by atoms with Crippen LogP contribution >= 0.6 is 0 Å². The molecule has 3 rings (SSSR count).